The Bertz CT molecular complexity index is 582. The molecular formula is C13H18BrNO4S. The fourth-order valence-electron chi connectivity index (χ4n) is 2.16. The van der Waals surface area contributed by atoms with E-state index in [1.54, 1.807) is 13.0 Å². The fraction of sp³-hybridized carbons (Fsp3) is 0.538. The first kappa shape index (κ1) is 15.9. The number of rotatable bonds is 5. The Balaban J connectivity index is 2.21. The standard InChI is InChI=1S/C13H18BrNO4S/c1-9-12(14)5-10(8-16)6-13(9)20(17,18)15-7-11-3-2-4-19-11/h5-6,11,15-16H,2-4,7-8H2,1H3. The monoisotopic (exact) mass is 363 g/mol. The summed E-state index contributed by atoms with van der Waals surface area (Å²) in [4.78, 5) is 0.189. The minimum absolute atomic E-state index is 0.0467. The van der Waals surface area contributed by atoms with Gasteiger partial charge in [0.1, 0.15) is 0 Å². The molecule has 0 aromatic heterocycles. The Hall–Kier alpha value is -0.470. The molecule has 1 aromatic rings. The van der Waals surface area contributed by atoms with Crippen molar-refractivity contribution >= 4 is 26.0 Å². The first-order chi connectivity index (χ1) is 9.44. The van der Waals surface area contributed by atoms with Crippen molar-refractivity contribution in [3.63, 3.8) is 0 Å². The van der Waals surface area contributed by atoms with Crippen LogP contribution in [0.4, 0.5) is 0 Å². The van der Waals surface area contributed by atoms with E-state index in [1.807, 2.05) is 0 Å². The Morgan fingerprint density at radius 3 is 2.85 bits per heavy atom. The van der Waals surface area contributed by atoms with Crippen LogP contribution in [0.25, 0.3) is 0 Å². The summed E-state index contributed by atoms with van der Waals surface area (Å²) in [7, 11) is -3.60. The minimum atomic E-state index is -3.60. The summed E-state index contributed by atoms with van der Waals surface area (Å²) in [6.45, 7) is 2.50. The molecule has 0 saturated carbocycles. The topological polar surface area (TPSA) is 75.6 Å². The average Bonchev–Trinajstić information content (AvgIpc) is 2.92. The summed E-state index contributed by atoms with van der Waals surface area (Å²) < 4.78 is 33.4. The molecule has 2 N–H and O–H groups in total. The van der Waals surface area contributed by atoms with Gasteiger partial charge in [-0.05, 0) is 43.0 Å². The molecule has 1 aromatic carbocycles. The molecule has 1 atom stereocenters. The van der Waals surface area contributed by atoms with Crippen LogP contribution in [0.15, 0.2) is 21.5 Å². The van der Waals surface area contributed by atoms with Crippen molar-refractivity contribution in [2.75, 3.05) is 13.2 Å². The summed E-state index contributed by atoms with van der Waals surface area (Å²) in [5.41, 5.74) is 1.18. The number of aliphatic hydroxyl groups excluding tert-OH is 1. The SMILES string of the molecule is Cc1c(Br)cc(CO)cc1S(=O)(=O)NCC1CCCO1. The molecule has 1 heterocycles. The largest absolute Gasteiger partial charge is 0.392 e. The predicted octanol–water partition coefficient (Wildman–Crippen LogP) is 1.71. The second kappa shape index (κ2) is 6.53. The van der Waals surface area contributed by atoms with Crippen LogP contribution < -0.4 is 4.72 Å². The zero-order chi connectivity index (χ0) is 14.8. The van der Waals surface area contributed by atoms with Crippen molar-refractivity contribution in [1.82, 2.24) is 4.72 Å². The lowest BCUT2D eigenvalue weighted by molar-refractivity contribution is 0.114. The zero-order valence-electron chi connectivity index (χ0n) is 11.2. The van der Waals surface area contributed by atoms with Crippen LogP contribution in [0.5, 0.6) is 0 Å². The predicted molar refractivity (Wildman–Crippen MR) is 79.0 cm³/mol. The number of ether oxygens (including phenoxy) is 1. The molecule has 0 radical (unpaired) electrons. The normalized spacial score (nSPS) is 19.4. The third kappa shape index (κ3) is 3.59. The molecule has 7 heteroatoms. The Morgan fingerprint density at radius 2 is 2.25 bits per heavy atom. The highest BCUT2D eigenvalue weighted by atomic mass is 79.9. The van der Waals surface area contributed by atoms with E-state index in [-0.39, 0.29) is 24.2 Å². The molecule has 1 aliphatic heterocycles. The molecule has 1 fully saturated rings. The quantitative estimate of drug-likeness (QED) is 0.834. The first-order valence-electron chi connectivity index (χ1n) is 6.45. The maximum absolute atomic E-state index is 12.4. The van der Waals surface area contributed by atoms with Crippen molar-refractivity contribution in [1.29, 1.82) is 0 Å². The second-order valence-electron chi connectivity index (χ2n) is 4.85. The lowest BCUT2D eigenvalue weighted by Gasteiger charge is -2.14. The highest BCUT2D eigenvalue weighted by Crippen LogP contribution is 2.26. The summed E-state index contributed by atoms with van der Waals surface area (Å²) in [6, 6.07) is 3.21. The van der Waals surface area contributed by atoms with E-state index in [4.69, 9.17) is 4.74 Å². The van der Waals surface area contributed by atoms with Gasteiger partial charge in [-0.25, -0.2) is 13.1 Å². The van der Waals surface area contributed by atoms with Crippen molar-refractivity contribution in [2.45, 2.75) is 37.4 Å². The highest BCUT2D eigenvalue weighted by Gasteiger charge is 2.22. The first-order valence-corrected chi connectivity index (χ1v) is 8.73. The van der Waals surface area contributed by atoms with Gasteiger partial charge in [-0.2, -0.15) is 0 Å². The molecule has 5 nitrogen and oxygen atoms in total. The number of benzene rings is 1. The van der Waals surface area contributed by atoms with Gasteiger partial charge in [0.2, 0.25) is 10.0 Å². The molecule has 1 saturated heterocycles. The maximum atomic E-state index is 12.4. The van der Waals surface area contributed by atoms with Gasteiger partial charge in [0.05, 0.1) is 17.6 Å². The van der Waals surface area contributed by atoms with E-state index >= 15 is 0 Å². The van der Waals surface area contributed by atoms with Gasteiger partial charge in [-0.1, -0.05) is 15.9 Å². The number of halogens is 1. The Kier molecular flexibility index (Phi) is 5.19. The van der Waals surface area contributed by atoms with E-state index in [2.05, 4.69) is 20.7 Å². The number of hydrogen-bond acceptors (Lipinski definition) is 4. The summed E-state index contributed by atoms with van der Waals surface area (Å²) >= 11 is 3.32. The van der Waals surface area contributed by atoms with Crippen molar-refractivity contribution < 1.29 is 18.3 Å². The average molecular weight is 364 g/mol. The van der Waals surface area contributed by atoms with Crippen molar-refractivity contribution in [3.05, 3.63) is 27.7 Å². The van der Waals surface area contributed by atoms with Gasteiger partial charge in [0, 0.05) is 17.6 Å². The van der Waals surface area contributed by atoms with Gasteiger partial charge in [-0.3, -0.25) is 0 Å². The van der Waals surface area contributed by atoms with E-state index in [1.165, 1.54) is 6.07 Å². The van der Waals surface area contributed by atoms with Crippen molar-refractivity contribution in [3.8, 4) is 0 Å². The minimum Gasteiger partial charge on any atom is -0.392 e. The Labute approximate surface area is 127 Å². The molecule has 2 rings (SSSR count). The molecule has 0 amide bonds. The van der Waals surface area contributed by atoms with E-state index in [0.29, 0.717) is 22.2 Å². The number of aliphatic hydroxyl groups is 1. The van der Waals surface area contributed by atoms with Crippen LogP contribution in [0.2, 0.25) is 0 Å². The lowest BCUT2D eigenvalue weighted by Crippen LogP contribution is -2.32. The second-order valence-corrected chi connectivity index (χ2v) is 7.44. The van der Waals surface area contributed by atoms with Gasteiger partial charge in [0.25, 0.3) is 0 Å². The third-order valence-corrected chi connectivity index (χ3v) is 5.73. The fourth-order valence-corrected chi connectivity index (χ4v) is 4.18. The Morgan fingerprint density at radius 1 is 1.50 bits per heavy atom. The molecule has 0 bridgehead atoms. The molecule has 112 valence electrons. The van der Waals surface area contributed by atoms with E-state index < -0.39 is 10.0 Å². The van der Waals surface area contributed by atoms with Gasteiger partial charge < -0.3 is 9.84 Å². The highest BCUT2D eigenvalue weighted by molar-refractivity contribution is 9.10. The molecule has 0 spiro atoms. The van der Waals surface area contributed by atoms with Crippen LogP contribution in [-0.2, 0) is 21.4 Å². The zero-order valence-corrected chi connectivity index (χ0v) is 13.6. The van der Waals surface area contributed by atoms with Crippen molar-refractivity contribution in [2.24, 2.45) is 0 Å². The smallest absolute Gasteiger partial charge is 0.240 e. The molecule has 20 heavy (non-hydrogen) atoms. The summed E-state index contributed by atoms with van der Waals surface area (Å²) in [5.74, 6) is 0. The van der Waals surface area contributed by atoms with Gasteiger partial charge in [-0.15, -0.1) is 0 Å². The summed E-state index contributed by atoms with van der Waals surface area (Å²) in [6.07, 6.45) is 1.80. The lowest BCUT2D eigenvalue weighted by atomic mass is 10.2. The number of sulfonamides is 1. The third-order valence-electron chi connectivity index (χ3n) is 3.35. The summed E-state index contributed by atoms with van der Waals surface area (Å²) in [5, 5.41) is 9.19. The van der Waals surface area contributed by atoms with Gasteiger partial charge in [0.15, 0.2) is 0 Å². The van der Waals surface area contributed by atoms with Crippen LogP contribution >= 0.6 is 15.9 Å². The molecule has 0 aliphatic carbocycles. The number of nitrogens with one attached hydrogen (secondary N) is 1. The number of hydrogen-bond donors (Lipinski definition) is 2. The van der Waals surface area contributed by atoms with E-state index in [9.17, 15) is 13.5 Å². The van der Waals surface area contributed by atoms with Crippen LogP contribution in [-0.4, -0.2) is 32.8 Å². The van der Waals surface area contributed by atoms with E-state index in [0.717, 1.165) is 12.8 Å². The van der Waals surface area contributed by atoms with Crippen LogP contribution in [0, 0.1) is 6.92 Å². The van der Waals surface area contributed by atoms with Crippen LogP contribution in [0.1, 0.15) is 24.0 Å². The van der Waals surface area contributed by atoms with Crippen LogP contribution in [0.3, 0.4) is 0 Å². The molecule has 1 aliphatic rings. The maximum Gasteiger partial charge on any atom is 0.240 e. The molecule has 1 unspecified atom stereocenters. The van der Waals surface area contributed by atoms with Gasteiger partial charge >= 0.3 is 0 Å². The molecular weight excluding hydrogens is 346 g/mol.